The second-order valence-electron chi connectivity index (χ2n) is 6.26. The third-order valence-electron chi connectivity index (χ3n) is 4.10. The van der Waals surface area contributed by atoms with Crippen molar-refractivity contribution in [1.82, 2.24) is 19.9 Å². The van der Waals surface area contributed by atoms with Crippen molar-refractivity contribution in [2.75, 3.05) is 7.11 Å². The maximum Gasteiger partial charge on any atom is 0.178 e. The molecule has 0 unspecified atom stereocenters. The first-order valence-corrected chi connectivity index (χ1v) is 8.96. The summed E-state index contributed by atoms with van der Waals surface area (Å²) >= 11 is 0. The van der Waals surface area contributed by atoms with Gasteiger partial charge in [-0.05, 0) is 63.4 Å². The number of pyridine rings is 2. The number of oxime groups is 1. The molecule has 0 fully saturated rings. The normalized spacial score (nSPS) is 11.4. The van der Waals surface area contributed by atoms with Gasteiger partial charge < -0.3 is 4.84 Å². The lowest BCUT2D eigenvalue weighted by molar-refractivity contribution is 0.213. The average Bonchev–Trinajstić information content (AvgIpc) is 2.69. The molecule has 0 N–H and O–H groups in total. The SMILES string of the molecule is CON=C(C)c1cccc(CCCc2ccnc(-c3cccc(C)n3)n2)n1. The minimum atomic E-state index is 0.669. The van der Waals surface area contributed by atoms with Crippen LogP contribution >= 0.6 is 0 Å². The highest BCUT2D eigenvalue weighted by Gasteiger charge is 2.06. The number of aromatic nitrogens is 4. The largest absolute Gasteiger partial charge is 0.399 e. The second-order valence-corrected chi connectivity index (χ2v) is 6.26. The van der Waals surface area contributed by atoms with Crippen LogP contribution in [0.3, 0.4) is 0 Å². The van der Waals surface area contributed by atoms with Gasteiger partial charge in [0.1, 0.15) is 18.5 Å². The first-order valence-electron chi connectivity index (χ1n) is 8.96. The molecule has 0 radical (unpaired) electrons. The fourth-order valence-corrected chi connectivity index (χ4v) is 2.78. The quantitative estimate of drug-likeness (QED) is 0.473. The summed E-state index contributed by atoms with van der Waals surface area (Å²) in [5.74, 6) is 0.669. The predicted molar refractivity (Wildman–Crippen MR) is 105 cm³/mol. The zero-order valence-electron chi connectivity index (χ0n) is 15.9. The van der Waals surface area contributed by atoms with Gasteiger partial charge in [0.05, 0.1) is 5.69 Å². The number of hydrogen-bond donors (Lipinski definition) is 0. The number of hydrogen-bond acceptors (Lipinski definition) is 6. The van der Waals surface area contributed by atoms with Gasteiger partial charge in [0.15, 0.2) is 5.82 Å². The molecule has 3 heterocycles. The fraction of sp³-hybridized carbons (Fsp3) is 0.286. The van der Waals surface area contributed by atoms with Gasteiger partial charge in [-0.25, -0.2) is 15.0 Å². The van der Waals surface area contributed by atoms with Gasteiger partial charge in [-0.1, -0.05) is 17.3 Å². The summed E-state index contributed by atoms with van der Waals surface area (Å²) in [5, 5.41) is 3.94. The molecule has 0 aromatic carbocycles. The molecule has 3 rings (SSSR count). The third-order valence-corrected chi connectivity index (χ3v) is 4.10. The molecule has 3 aromatic rings. The summed E-state index contributed by atoms with van der Waals surface area (Å²) in [4.78, 5) is 23.0. The molecule has 138 valence electrons. The zero-order chi connectivity index (χ0) is 19.1. The van der Waals surface area contributed by atoms with E-state index in [1.54, 1.807) is 6.20 Å². The standard InChI is InChI=1S/C21H23N5O/c1-15-7-4-12-20(23-15)21-22-14-13-18(25-21)9-5-8-17-10-6-11-19(24-17)16(2)26-27-3/h4,6-7,10-14H,5,8-9H2,1-3H3. The topological polar surface area (TPSA) is 73.2 Å². The highest BCUT2D eigenvalue weighted by Crippen LogP contribution is 2.13. The second kappa shape index (κ2) is 8.98. The van der Waals surface area contributed by atoms with Gasteiger partial charge in [-0.2, -0.15) is 0 Å². The van der Waals surface area contributed by atoms with E-state index in [1.165, 1.54) is 7.11 Å². The molecule has 0 atom stereocenters. The minimum absolute atomic E-state index is 0.669. The van der Waals surface area contributed by atoms with Crippen molar-refractivity contribution < 1.29 is 4.84 Å². The third kappa shape index (κ3) is 5.17. The molecule has 3 aromatic heterocycles. The van der Waals surface area contributed by atoms with Gasteiger partial charge in [-0.3, -0.25) is 4.98 Å². The molecule has 6 nitrogen and oxygen atoms in total. The van der Waals surface area contributed by atoms with Crippen molar-refractivity contribution in [2.45, 2.75) is 33.1 Å². The van der Waals surface area contributed by atoms with Crippen LogP contribution in [0.25, 0.3) is 11.5 Å². The van der Waals surface area contributed by atoms with Crippen LogP contribution < -0.4 is 0 Å². The summed E-state index contributed by atoms with van der Waals surface area (Å²) < 4.78 is 0. The van der Waals surface area contributed by atoms with Crippen LogP contribution in [0.2, 0.25) is 0 Å². The van der Waals surface area contributed by atoms with Crippen molar-refractivity contribution in [3.63, 3.8) is 0 Å². The van der Waals surface area contributed by atoms with E-state index in [2.05, 4.69) is 25.1 Å². The van der Waals surface area contributed by atoms with Crippen LogP contribution in [0.4, 0.5) is 0 Å². The molecule has 0 saturated carbocycles. The Morgan fingerprint density at radius 3 is 2.52 bits per heavy atom. The smallest absolute Gasteiger partial charge is 0.178 e. The van der Waals surface area contributed by atoms with Crippen molar-refractivity contribution >= 4 is 5.71 Å². The molecule has 0 amide bonds. The van der Waals surface area contributed by atoms with Gasteiger partial charge >= 0.3 is 0 Å². The van der Waals surface area contributed by atoms with Crippen LogP contribution in [0, 0.1) is 6.92 Å². The monoisotopic (exact) mass is 361 g/mol. The molecule has 0 aliphatic rings. The van der Waals surface area contributed by atoms with Crippen molar-refractivity contribution in [1.29, 1.82) is 0 Å². The Kier molecular flexibility index (Phi) is 6.20. The van der Waals surface area contributed by atoms with Crippen LogP contribution in [0.5, 0.6) is 0 Å². The maximum atomic E-state index is 4.82. The van der Waals surface area contributed by atoms with Crippen LogP contribution in [0.15, 0.2) is 53.8 Å². The molecule has 0 bridgehead atoms. The fourth-order valence-electron chi connectivity index (χ4n) is 2.78. The van der Waals surface area contributed by atoms with E-state index in [-0.39, 0.29) is 0 Å². The molecular weight excluding hydrogens is 338 g/mol. The molecule has 27 heavy (non-hydrogen) atoms. The van der Waals surface area contributed by atoms with Crippen molar-refractivity contribution in [3.05, 3.63) is 71.4 Å². The van der Waals surface area contributed by atoms with Crippen molar-refractivity contribution in [3.8, 4) is 11.5 Å². The first-order chi connectivity index (χ1) is 13.2. The maximum absolute atomic E-state index is 4.82. The van der Waals surface area contributed by atoms with E-state index < -0.39 is 0 Å². The molecule has 0 aliphatic heterocycles. The molecular formula is C21H23N5O. The summed E-state index contributed by atoms with van der Waals surface area (Å²) in [5.41, 5.74) is 5.41. The van der Waals surface area contributed by atoms with E-state index in [1.807, 2.05) is 56.3 Å². The Hall–Kier alpha value is -3.15. The number of nitrogens with zero attached hydrogens (tertiary/aromatic N) is 5. The predicted octanol–water partition coefficient (Wildman–Crippen LogP) is 3.79. The van der Waals surface area contributed by atoms with E-state index in [9.17, 15) is 0 Å². The lowest BCUT2D eigenvalue weighted by atomic mass is 10.1. The Balaban J connectivity index is 1.64. The highest BCUT2D eigenvalue weighted by molar-refractivity contribution is 5.96. The molecule has 0 saturated heterocycles. The number of rotatable bonds is 7. The van der Waals surface area contributed by atoms with E-state index in [4.69, 9.17) is 4.84 Å². The van der Waals surface area contributed by atoms with Crippen LogP contribution in [-0.2, 0) is 17.7 Å². The van der Waals surface area contributed by atoms with Crippen LogP contribution in [-0.4, -0.2) is 32.8 Å². The van der Waals surface area contributed by atoms with E-state index >= 15 is 0 Å². The Morgan fingerprint density at radius 1 is 0.963 bits per heavy atom. The minimum Gasteiger partial charge on any atom is -0.399 e. The Bertz CT molecular complexity index is 939. The van der Waals surface area contributed by atoms with Gasteiger partial charge in [0.25, 0.3) is 0 Å². The molecule has 0 aliphatic carbocycles. The van der Waals surface area contributed by atoms with E-state index in [0.717, 1.165) is 53.4 Å². The van der Waals surface area contributed by atoms with Crippen LogP contribution in [0.1, 0.15) is 36.1 Å². The van der Waals surface area contributed by atoms with Gasteiger partial charge in [0.2, 0.25) is 0 Å². The van der Waals surface area contributed by atoms with Gasteiger partial charge in [0, 0.05) is 23.3 Å². The summed E-state index contributed by atoms with van der Waals surface area (Å²) in [6, 6.07) is 13.8. The Labute approximate surface area is 159 Å². The van der Waals surface area contributed by atoms with E-state index in [0.29, 0.717) is 5.82 Å². The Morgan fingerprint density at radius 2 is 1.74 bits per heavy atom. The lowest BCUT2D eigenvalue weighted by Gasteiger charge is -2.06. The summed E-state index contributed by atoms with van der Waals surface area (Å²) in [6.07, 6.45) is 4.48. The lowest BCUT2D eigenvalue weighted by Crippen LogP contribution is -2.03. The molecule has 0 spiro atoms. The summed E-state index contributed by atoms with van der Waals surface area (Å²) in [6.45, 7) is 3.85. The summed E-state index contributed by atoms with van der Waals surface area (Å²) in [7, 11) is 1.54. The average molecular weight is 361 g/mol. The zero-order valence-corrected chi connectivity index (χ0v) is 15.9. The van der Waals surface area contributed by atoms with Gasteiger partial charge in [-0.15, -0.1) is 0 Å². The highest BCUT2D eigenvalue weighted by atomic mass is 16.6. The number of aryl methyl sites for hydroxylation is 3. The molecule has 6 heteroatoms. The first kappa shape index (κ1) is 18.6. The van der Waals surface area contributed by atoms with Crippen molar-refractivity contribution in [2.24, 2.45) is 5.16 Å².